The van der Waals surface area contributed by atoms with E-state index < -0.39 is 0 Å². The Balaban J connectivity index is 1.82. The van der Waals surface area contributed by atoms with E-state index in [1.165, 1.54) is 0 Å². The second-order valence-electron chi connectivity index (χ2n) is 6.73. The van der Waals surface area contributed by atoms with Gasteiger partial charge in [-0.1, -0.05) is 51.8 Å². The lowest BCUT2D eigenvalue weighted by atomic mass is 10.1. The van der Waals surface area contributed by atoms with Crippen molar-refractivity contribution < 1.29 is 9.53 Å². The Morgan fingerprint density at radius 1 is 1.00 bits per heavy atom. The number of carbonyl (C=O) groups excluding carboxylic acids is 1. The Morgan fingerprint density at radius 3 is 2.45 bits per heavy atom. The normalized spacial score (nSPS) is 15.0. The van der Waals surface area contributed by atoms with Crippen LogP contribution in [-0.4, -0.2) is 18.9 Å². The van der Waals surface area contributed by atoms with E-state index in [9.17, 15) is 4.79 Å². The highest BCUT2D eigenvalue weighted by Crippen LogP contribution is 2.29. The number of halogens is 1. The number of amides is 1. The number of benzene rings is 3. The number of methoxy groups -OCH3 is 1. The van der Waals surface area contributed by atoms with Gasteiger partial charge in [0.2, 0.25) is 0 Å². The Morgan fingerprint density at radius 2 is 1.76 bits per heavy atom. The van der Waals surface area contributed by atoms with Crippen LogP contribution in [0.4, 0.5) is 5.69 Å². The summed E-state index contributed by atoms with van der Waals surface area (Å²) in [4.78, 5) is 19.7. The number of nitrogens with zero attached hydrogens (tertiary/aromatic N) is 2. The lowest BCUT2D eigenvalue weighted by Crippen LogP contribution is -2.32. The molecule has 0 saturated carbocycles. The van der Waals surface area contributed by atoms with E-state index in [1.807, 2.05) is 85.8 Å². The van der Waals surface area contributed by atoms with Crippen molar-refractivity contribution >= 4 is 39.4 Å². The van der Waals surface area contributed by atoms with E-state index in [2.05, 4.69) is 15.9 Å². The highest BCUT2D eigenvalue weighted by molar-refractivity contribution is 9.10. The van der Waals surface area contributed by atoms with Crippen molar-refractivity contribution in [2.45, 2.75) is 6.92 Å². The molecule has 0 aromatic heterocycles. The first-order valence-electron chi connectivity index (χ1n) is 9.16. The zero-order valence-electron chi connectivity index (χ0n) is 16.1. The van der Waals surface area contributed by atoms with Crippen molar-refractivity contribution in [1.29, 1.82) is 0 Å². The standard InChI is InChI=1S/C24H19BrN2O2/c1-16-5-3-7-18(13-16)23-26-22(15-17-6-4-8-19(25)14-17)24(28)27(23)20-9-11-21(29-2)12-10-20/h3-15H,1-2H3/b22-15+. The molecule has 1 aliphatic heterocycles. The van der Waals surface area contributed by atoms with E-state index in [0.29, 0.717) is 11.5 Å². The van der Waals surface area contributed by atoms with Crippen LogP contribution in [0.3, 0.4) is 0 Å². The van der Waals surface area contributed by atoms with Crippen LogP contribution in [0.2, 0.25) is 0 Å². The van der Waals surface area contributed by atoms with Crippen molar-refractivity contribution in [2.24, 2.45) is 4.99 Å². The predicted octanol–water partition coefficient (Wildman–Crippen LogP) is 5.60. The SMILES string of the molecule is COc1ccc(N2C(=O)/C(=C\c3cccc(Br)c3)N=C2c2cccc(C)c2)cc1. The third kappa shape index (κ3) is 4.00. The number of carbonyl (C=O) groups is 1. The van der Waals surface area contributed by atoms with Gasteiger partial charge in [-0.05, 0) is 61.0 Å². The molecule has 5 heteroatoms. The van der Waals surface area contributed by atoms with Gasteiger partial charge in [-0.3, -0.25) is 9.69 Å². The van der Waals surface area contributed by atoms with Gasteiger partial charge < -0.3 is 4.74 Å². The third-order valence-electron chi connectivity index (χ3n) is 4.62. The molecule has 0 fully saturated rings. The second kappa shape index (κ2) is 8.05. The molecular weight excluding hydrogens is 428 g/mol. The predicted molar refractivity (Wildman–Crippen MR) is 120 cm³/mol. The summed E-state index contributed by atoms with van der Waals surface area (Å²) in [6.07, 6.45) is 1.81. The summed E-state index contributed by atoms with van der Waals surface area (Å²) in [5.41, 5.74) is 4.05. The fraction of sp³-hybridized carbons (Fsp3) is 0.0833. The van der Waals surface area contributed by atoms with Crippen LogP contribution in [0.25, 0.3) is 6.08 Å². The molecule has 144 valence electrons. The first-order chi connectivity index (χ1) is 14.0. The minimum absolute atomic E-state index is 0.161. The maximum absolute atomic E-state index is 13.3. The quantitative estimate of drug-likeness (QED) is 0.489. The maximum atomic E-state index is 13.3. The number of hydrogen-bond acceptors (Lipinski definition) is 3. The highest BCUT2D eigenvalue weighted by atomic mass is 79.9. The van der Waals surface area contributed by atoms with Gasteiger partial charge in [0, 0.05) is 10.0 Å². The van der Waals surface area contributed by atoms with Gasteiger partial charge in [-0.25, -0.2) is 4.99 Å². The Hall–Kier alpha value is -3.18. The summed E-state index contributed by atoms with van der Waals surface area (Å²) in [6.45, 7) is 2.02. The Labute approximate surface area is 178 Å². The molecule has 0 radical (unpaired) electrons. The highest BCUT2D eigenvalue weighted by Gasteiger charge is 2.32. The fourth-order valence-electron chi connectivity index (χ4n) is 3.22. The van der Waals surface area contributed by atoms with Crippen LogP contribution in [-0.2, 0) is 4.79 Å². The first-order valence-corrected chi connectivity index (χ1v) is 9.96. The average Bonchev–Trinajstić information content (AvgIpc) is 3.04. The first kappa shape index (κ1) is 19.2. The van der Waals surface area contributed by atoms with Crippen LogP contribution in [0.5, 0.6) is 5.75 Å². The number of ether oxygens (including phenoxy) is 1. The van der Waals surface area contributed by atoms with Crippen molar-refractivity contribution in [3.05, 3.63) is 99.7 Å². The van der Waals surface area contributed by atoms with Crippen LogP contribution in [0.1, 0.15) is 16.7 Å². The van der Waals surface area contributed by atoms with Gasteiger partial charge in [0.1, 0.15) is 17.3 Å². The molecular formula is C24H19BrN2O2. The van der Waals surface area contributed by atoms with Gasteiger partial charge in [0.15, 0.2) is 0 Å². The van der Waals surface area contributed by atoms with E-state index in [0.717, 1.165) is 32.6 Å². The minimum Gasteiger partial charge on any atom is -0.497 e. The number of amidine groups is 1. The van der Waals surface area contributed by atoms with Gasteiger partial charge in [-0.2, -0.15) is 0 Å². The molecule has 0 atom stereocenters. The Bertz CT molecular complexity index is 1130. The van der Waals surface area contributed by atoms with Crippen LogP contribution in [0, 0.1) is 6.92 Å². The Kier molecular flexibility index (Phi) is 5.32. The van der Waals surface area contributed by atoms with Gasteiger partial charge in [-0.15, -0.1) is 0 Å². The average molecular weight is 447 g/mol. The molecule has 1 aliphatic rings. The molecule has 3 aromatic rings. The van der Waals surface area contributed by atoms with Crippen molar-refractivity contribution in [3.8, 4) is 5.75 Å². The van der Waals surface area contributed by atoms with E-state index in [1.54, 1.807) is 12.0 Å². The summed E-state index contributed by atoms with van der Waals surface area (Å²) in [6, 6.07) is 23.2. The summed E-state index contributed by atoms with van der Waals surface area (Å²) in [5, 5.41) is 0. The fourth-order valence-corrected chi connectivity index (χ4v) is 3.64. The summed E-state index contributed by atoms with van der Waals surface area (Å²) >= 11 is 3.47. The molecule has 0 aliphatic carbocycles. The van der Waals surface area contributed by atoms with Crippen molar-refractivity contribution in [2.75, 3.05) is 12.0 Å². The van der Waals surface area contributed by atoms with E-state index in [-0.39, 0.29) is 5.91 Å². The van der Waals surface area contributed by atoms with Crippen LogP contribution >= 0.6 is 15.9 Å². The molecule has 1 heterocycles. The van der Waals surface area contributed by atoms with Crippen molar-refractivity contribution in [1.82, 2.24) is 0 Å². The third-order valence-corrected chi connectivity index (χ3v) is 5.11. The molecule has 0 spiro atoms. The molecule has 3 aromatic carbocycles. The summed E-state index contributed by atoms with van der Waals surface area (Å²) < 4.78 is 6.20. The smallest absolute Gasteiger partial charge is 0.282 e. The van der Waals surface area contributed by atoms with Crippen LogP contribution in [0.15, 0.2) is 88.0 Å². The van der Waals surface area contributed by atoms with Crippen molar-refractivity contribution in [3.63, 3.8) is 0 Å². The number of aliphatic imine (C=N–C) groups is 1. The van der Waals surface area contributed by atoms with E-state index in [4.69, 9.17) is 9.73 Å². The second-order valence-corrected chi connectivity index (χ2v) is 7.64. The molecule has 29 heavy (non-hydrogen) atoms. The number of hydrogen-bond donors (Lipinski definition) is 0. The molecule has 0 saturated heterocycles. The van der Waals surface area contributed by atoms with Gasteiger partial charge in [0.05, 0.1) is 12.8 Å². The molecule has 0 unspecified atom stereocenters. The summed E-state index contributed by atoms with van der Waals surface area (Å²) in [5.74, 6) is 1.19. The molecule has 4 nitrogen and oxygen atoms in total. The maximum Gasteiger partial charge on any atom is 0.282 e. The zero-order valence-corrected chi connectivity index (χ0v) is 17.7. The number of rotatable bonds is 4. The zero-order chi connectivity index (χ0) is 20.4. The topological polar surface area (TPSA) is 41.9 Å². The largest absolute Gasteiger partial charge is 0.497 e. The monoisotopic (exact) mass is 446 g/mol. The lowest BCUT2D eigenvalue weighted by Gasteiger charge is -2.19. The molecule has 1 amide bonds. The molecule has 0 N–H and O–H groups in total. The minimum atomic E-state index is -0.161. The van der Waals surface area contributed by atoms with Gasteiger partial charge in [0.25, 0.3) is 5.91 Å². The lowest BCUT2D eigenvalue weighted by molar-refractivity contribution is -0.113. The molecule has 4 rings (SSSR count). The number of aryl methyl sites for hydroxylation is 1. The number of anilines is 1. The summed E-state index contributed by atoms with van der Waals surface area (Å²) in [7, 11) is 1.62. The van der Waals surface area contributed by atoms with Crippen LogP contribution < -0.4 is 9.64 Å². The molecule has 0 bridgehead atoms. The van der Waals surface area contributed by atoms with Gasteiger partial charge >= 0.3 is 0 Å². The van der Waals surface area contributed by atoms with E-state index >= 15 is 0 Å².